The van der Waals surface area contributed by atoms with Crippen molar-refractivity contribution in [3.05, 3.63) is 23.8 Å². The zero-order valence-electron chi connectivity index (χ0n) is 7.40. The zero-order valence-corrected chi connectivity index (χ0v) is 7.40. The maximum absolute atomic E-state index is 9.41. The Morgan fingerprint density at radius 2 is 2.23 bits per heavy atom. The second kappa shape index (κ2) is 2.92. The van der Waals surface area contributed by atoms with E-state index in [0.717, 1.165) is 12.0 Å². The van der Waals surface area contributed by atoms with Crippen LogP contribution in [0.1, 0.15) is 12.5 Å². The molecule has 0 saturated heterocycles. The maximum Gasteiger partial charge on any atom is 0.200 e. The van der Waals surface area contributed by atoms with Crippen LogP contribution in [0.2, 0.25) is 0 Å². The number of phenols is 1. The van der Waals surface area contributed by atoms with Crippen LogP contribution in [0.15, 0.2) is 18.2 Å². The van der Waals surface area contributed by atoms with Crippen LogP contribution >= 0.6 is 0 Å². The minimum atomic E-state index is -0.725. The Labute approximate surface area is 76.6 Å². The summed E-state index contributed by atoms with van der Waals surface area (Å²) in [6, 6.07) is 4.92. The van der Waals surface area contributed by atoms with Crippen molar-refractivity contribution < 1.29 is 14.9 Å². The number of ether oxygens (including phenoxy) is 1. The van der Waals surface area contributed by atoms with Crippen LogP contribution in [0, 0.1) is 5.92 Å². The smallest absolute Gasteiger partial charge is 0.200 e. The zero-order chi connectivity index (χ0) is 9.42. The van der Waals surface area contributed by atoms with Gasteiger partial charge in [-0.15, -0.1) is 0 Å². The largest absolute Gasteiger partial charge is 0.508 e. The summed E-state index contributed by atoms with van der Waals surface area (Å²) in [4.78, 5) is 0. The second-order valence-electron chi connectivity index (χ2n) is 3.48. The third-order valence-corrected chi connectivity index (χ3v) is 2.32. The first-order valence-electron chi connectivity index (χ1n) is 4.33. The highest BCUT2D eigenvalue weighted by molar-refractivity contribution is 5.41. The number of hydrogen-bond donors (Lipinski definition) is 2. The number of aromatic hydroxyl groups is 1. The summed E-state index contributed by atoms with van der Waals surface area (Å²) >= 11 is 0. The molecule has 13 heavy (non-hydrogen) atoms. The van der Waals surface area contributed by atoms with Crippen molar-refractivity contribution in [2.24, 2.45) is 5.92 Å². The summed E-state index contributed by atoms with van der Waals surface area (Å²) < 4.78 is 5.24. The van der Waals surface area contributed by atoms with E-state index in [1.54, 1.807) is 18.2 Å². The highest BCUT2D eigenvalue weighted by atomic mass is 16.6. The first kappa shape index (κ1) is 8.38. The van der Waals surface area contributed by atoms with Crippen LogP contribution in [0.5, 0.6) is 11.5 Å². The molecule has 0 fully saturated rings. The topological polar surface area (TPSA) is 49.7 Å². The molecule has 3 nitrogen and oxygen atoms in total. The molecule has 0 aliphatic carbocycles. The molecule has 1 aromatic carbocycles. The van der Waals surface area contributed by atoms with E-state index >= 15 is 0 Å². The van der Waals surface area contributed by atoms with Gasteiger partial charge in [-0.3, -0.25) is 0 Å². The molecule has 0 spiro atoms. The fraction of sp³-hybridized carbons (Fsp3) is 0.400. The molecule has 0 saturated carbocycles. The number of benzene rings is 1. The predicted octanol–water partition coefficient (Wildman–Crippen LogP) is 1.28. The quantitative estimate of drug-likeness (QED) is 0.632. The number of aliphatic hydroxyl groups is 1. The minimum Gasteiger partial charge on any atom is -0.508 e. The van der Waals surface area contributed by atoms with E-state index in [9.17, 15) is 10.2 Å². The molecular weight excluding hydrogens is 168 g/mol. The van der Waals surface area contributed by atoms with Crippen LogP contribution in [-0.4, -0.2) is 16.5 Å². The van der Waals surface area contributed by atoms with E-state index in [4.69, 9.17) is 4.74 Å². The molecule has 0 bridgehead atoms. The molecule has 1 aliphatic heterocycles. The van der Waals surface area contributed by atoms with Crippen LogP contribution in [-0.2, 0) is 6.42 Å². The standard InChI is InChI=1S/C10H12O3/c1-6-4-7-5-8(11)2-3-9(7)13-10(6)12/h2-3,5-6,10-12H,4H2,1H3. The fourth-order valence-corrected chi connectivity index (χ4v) is 1.53. The monoisotopic (exact) mass is 180 g/mol. The number of rotatable bonds is 0. The lowest BCUT2D eigenvalue weighted by atomic mass is 9.97. The van der Waals surface area contributed by atoms with E-state index in [1.807, 2.05) is 6.92 Å². The number of phenolic OH excluding ortho intramolecular Hbond substituents is 1. The van der Waals surface area contributed by atoms with Gasteiger partial charge in [0.1, 0.15) is 11.5 Å². The first-order valence-corrected chi connectivity index (χ1v) is 4.33. The van der Waals surface area contributed by atoms with E-state index < -0.39 is 6.29 Å². The molecule has 0 radical (unpaired) electrons. The Morgan fingerprint density at radius 3 is 3.00 bits per heavy atom. The molecule has 2 N–H and O–H groups in total. The predicted molar refractivity (Wildman–Crippen MR) is 47.6 cm³/mol. The average Bonchev–Trinajstić information content (AvgIpc) is 2.08. The van der Waals surface area contributed by atoms with Gasteiger partial charge >= 0.3 is 0 Å². The van der Waals surface area contributed by atoms with Crippen molar-refractivity contribution in [1.82, 2.24) is 0 Å². The third-order valence-electron chi connectivity index (χ3n) is 2.32. The van der Waals surface area contributed by atoms with Gasteiger partial charge in [-0.25, -0.2) is 0 Å². The summed E-state index contributed by atoms with van der Waals surface area (Å²) in [5.74, 6) is 0.989. The lowest BCUT2D eigenvalue weighted by Gasteiger charge is -2.27. The Balaban J connectivity index is 2.37. The maximum atomic E-state index is 9.41. The average molecular weight is 180 g/mol. The van der Waals surface area contributed by atoms with Crippen molar-refractivity contribution in [3.63, 3.8) is 0 Å². The Morgan fingerprint density at radius 1 is 1.46 bits per heavy atom. The summed E-state index contributed by atoms with van der Waals surface area (Å²) in [7, 11) is 0. The fourth-order valence-electron chi connectivity index (χ4n) is 1.53. The van der Waals surface area contributed by atoms with Crippen LogP contribution in [0.25, 0.3) is 0 Å². The lowest BCUT2D eigenvalue weighted by molar-refractivity contribution is -0.0670. The molecule has 2 rings (SSSR count). The lowest BCUT2D eigenvalue weighted by Crippen LogP contribution is -2.30. The van der Waals surface area contributed by atoms with Gasteiger partial charge in [0.25, 0.3) is 0 Å². The molecule has 0 aromatic heterocycles. The SMILES string of the molecule is CC1Cc2cc(O)ccc2OC1O. The van der Waals surface area contributed by atoms with Crippen LogP contribution < -0.4 is 4.74 Å². The van der Waals surface area contributed by atoms with E-state index in [0.29, 0.717) is 5.75 Å². The normalized spacial score (nSPS) is 26.3. The van der Waals surface area contributed by atoms with Crippen molar-refractivity contribution in [1.29, 1.82) is 0 Å². The molecule has 2 atom stereocenters. The van der Waals surface area contributed by atoms with Gasteiger partial charge in [-0.05, 0) is 30.2 Å². The highest BCUT2D eigenvalue weighted by Gasteiger charge is 2.24. The van der Waals surface area contributed by atoms with Gasteiger partial charge in [-0.2, -0.15) is 0 Å². The summed E-state index contributed by atoms with van der Waals surface area (Å²) in [6.45, 7) is 1.91. The molecule has 1 aromatic rings. The molecule has 3 heteroatoms. The van der Waals surface area contributed by atoms with Gasteiger partial charge in [0, 0.05) is 5.92 Å². The van der Waals surface area contributed by atoms with Crippen molar-refractivity contribution in [3.8, 4) is 11.5 Å². The van der Waals surface area contributed by atoms with Gasteiger partial charge in [0.05, 0.1) is 0 Å². The van der Waals surface area contributed by atoms with Crippen molar-refractivity contribution in [2.45, 2.75) is 19.6 Å². The van der Waals surface area contributed by atoms with Crippen molar-refractivity contribution >= 4 is 0 Å². The van der Waals surface area contributed by atoms with E-state index in [-0.39, 0.29) is 11.7 Å². The Hall–Kier alpha value is -1.22. The third kappa shape index (κ3) is 1.47. The van der Waals surface area contributed by atoms with E-state index in [1.165, 1.54) is 0 Å². The number of hydrogen-bond acceptors (Lipinski definition) is 3. The first-order chi connectivity index (χ1) is 6.16. The highest BCUT2D eigenvalue weighted by Crippen LogP contribution is 2.32. The van der Waals surface area contributed by atoms with Gasteiger partial charge < -0.3 is 14.9 Å². The molecule has 0 amide bonds. The van der Waals surface area contributed by atoms with Gasteiger partial charge in [-0.1, -0.05) is 6.92 Å². The summed E-state index contributed by atoms with van der Waals surface area (Å²) in [6.07, 6.45) is 0.0160. The Bertz CT molecular complexity index is 322. The van der Waals surface area contributed by atoms with Crippen LogP contribution in [0.4, 0.5) is 0 Å². The molecule has 1 aliphatic rings. The summed E-state index contributed by atoms with van der Waals surface area (Å²) in [5.41, 5.74) is 0.956. The molecule has 2 unspecified atom stereocenters. The molecule has 1 heterocycles. The number of fused-ring (bicyclic) bond motifs is 1. The molecule has 70 valence electrons. The second-order valence-corrected chi connectivity index (χ2v) is 3.48. The van der Waals surface area contributed by atoms with E-state index in [2.05, 4.69) is 0 Å². The Kier molecular flexibility index (Phi) is 1.88. The van der Waals surface area contributed by atoms with Crippen molar-refractivity contribution in [2.75, 3.05) is 0 Å². The van der Waals surface area contributed by atoms with Crippen LogP contribution in [0.3, 0.4) is 0 Å². The minimum absolute atomic E-state index is 0.0781. The summed E-state index contributed by atoms with van der Waals surface area (Å²) in [5, 5.41) is 18.6. The van der Waals surface area contributed by atoms with Gasteiger partial charge in [0.2, 0.25) is 0 Å². The van der Waals surface area contributed by atoms with Gasteiger partial charge in [0.15, 0.2) is 6.29 Å². The number of aliphatic hydroxyl groups excluding tert-OH is 1. The molecular formula is C10H12O3.